The van der Waals surface area contributed by atoms with Crippen LogP contribution in [0.5, 0.6) is 0 Å². The van der Waals surface area contributed by atoms with Crippen molar-refractivity contribution < 1.29 is 9.21 Å². The van der Waals surface area contributed by atoms with Crippen LogP contribution in [0.4, 0.5) is 0 Å². The van der Waals surface area contributed by atoms with Crippen molar-refractivity contribution in [1.29, 1.82) is 0 Å². The zero-order chi connectivity index (χ0) is 14.7. The van der Waals surface area contributed by atoms with E-state index in [-0.39, 0.29) is 5.76 Å². The van der Waals surface area contributed by atoms with Crippen LogP contribution in [0.25, 0.3) is 0 Å². The quantitative estimate of drug-likeness (QED) is 0.391. The summed E-state index contributed by atoms with van der Waals surface area (Å²) in [7, 11) is 0. The standard InChI is InChI=1S/C14H17N3O2S/c1-8-4-10(3)16-12(5-8)20-7-11-6-9(2)13(19-11)14(18)17-15/h4-6H,7,15H2,1-3H3,(H,17,18). The van der Waals surface area contributed by atoms with Crippen LogP contribution < -0.4 is 11.3 Å². The average molecular weight is 291 g/mol. The van der Waals surface area contributed by atoms with Gasteiger partial charge in [-0.2, -0.15) is 0 Å². The molecule has 20 heavy (non-hydrogen) atoms. The molecule has 0 unspecified atom stereocenters. The molecule has 0 aromatic carbocycles. The summed E-state index contributed by atoms with van der Waals surface area (Å²) < 4.78 is 5.51. The van der Waals surface area contributed by atoms with Crippen LogP contribution in [0.2, 0.25) is 0 Å². The summed E-state index contributed by atoms with van der Waals surface area (Å²) in [5, 5.41) is 0.946. The Bertz CT molecular complexity index is 617. The number of thioether (sulfide) groups is 1. The van der Waals surface area contributed by atoms with E-state index in [4.69, 9.17) is 10.3 Å². The number of rotatable bonds is 4. The van der Waals surface area contributed by atoms with Gasteiger partial charge < -0.3 is 4.42 Å². The number of aromatic nitrogens is 1. The van der Waals surface area contributed by atoms with E-state index in [1.807, 2.05) is 39.0 Å². The zero-order valence-corrected chi connectivity index (χ0v) is 12.5. The molecular weight excluding hydrogens is 274 g/mol. The number of hydrogen-bond donors (Lipinski definition) is 2. The minimum absolute atomic E-state index is 0.261. The lowest BCUT2D eigenvalue weighted by atomic mass is 10.2. The lowest BCUT2D eigenvalue weighted by molar-refractivity contribution is 0.0923. The minimum Gasteiger partial charge on any atom is -0.455 e. The minimum atomic E-state index is -0.414. The maximum absolute atomic E-state index is 11.5. The number of pyridine rings is 1. The first kappa shape index (κ1) is 14.6. The largest absolute Gasteiger partial charge is 0.455 e. The molecular formula is C14H17N3O2S. The Balaban J connectivity index is 2.09. The van der Waals surface area contributed by atoms with E-state index in [0.29, 0.717) is 5.75 Å². The lowest BCUT2D eigenvalue weighted by Crippen LogP contribution is -2.30. The number of carbonyl (C=O) groups excluding carboxylic acids is 1. The van der Waals surface area contributed by atoms with E-state index >= 15 is 0 Å². The second-order valence-electron chi connectivity index (χ2n) is 4.61. The highest BCUT2D eigenvalue weighted by molar-refractivity contribution is 7.98. The summed E-state index contributed by atoms with van der Waals surface area (Å²) in [6, 6.07) is 5.91. The lowest BCUT2D eigenvalue weighted by Gasteiger charge is -2.02. The topological polar surface area (TPSA) is 81.2 Å². The first-order chi connectivity index (χ1) is 9.49. The summed E-state index contributed by atoms with van der Waals surface area (Å²) in [5.41, 5.74) is 5.02. The fourth-order valence-corrected chi connectivity index (χ4v) is 2.84. The molecule has 1 amide bonds. The molecule has 0 fully saturated rings. The number of nitrogens with two attached hydrogens (primary N) is 1. The molecule has 0 aliphatic heterocycles. The van der Waals surface area contributed by atoms with Gasteiger partial charge in [0.05, 0.1) is 10.8 Å². The highest BCUT2D eigenvalue weighted by atomic mass is 32.2. The van der Waals surface area contributed by atoms with Crippen molar-refractivity contribution in [3.05, 3.63) is 46.5 Å². The maximum Gasteiger partial charge on any atom is 0.301 e. The first-order valence-electron chi connectivity index (χ1n) is 6.18. The van der Waals surface area contributed by atoms with Crippen molar-refractivity contribution in [1.82, 2.24) is 10.4 Å². The Labute approximate surface area is 121 Å². The third-order valence-electron chi connectivity index (χ3n) is 2.74. The van der Waals surface area contributed by atoms with Crippen molar-refractivity contribution in [3.63, 3.8) is 0 Å². The van der Waals surface area contributed by atoms with Gasteiger partial charge in [0.15, 0.2) is 5.76 Å². The van der Waals surface area contributed by atoms with Crippen molar-refractivity contribution in [2.45, 2.75) is 31.6 Å². The fraction of sp³-hybridized carbons (Fsp3) is 0.286. The average Bonchev–Trinajstić information content (AvgIpc) is 2.76. The van der Waals surface area contributed by atoms with Gasteiger partial charge in [-0.25, -0.2) is 10.8 Å². The monoisotopic (exact) mass is 291 g/mol. The SMILES string of the molecule is Cc1cc(C)nc(SCc2cc(C)c(C(=O)NN)o2)c1. The van der Waals surface area contributed by atoms with Crippen LogP contribution in [0.3, 0.4) is 0 Å². The molecule has 0 aliphatic rings. The molecule has 3 N–H and O–H groups in total. The van der Waals surface area contributed by atoms with Gasteiger partial charge in [-0.15, -0.1) is 0 Å². The number of hydrazine groups is 1. The number of aryl methyl sites for hydroxylation is 3. The van der Waals surface area contributed by atoms with Crippen molar-refractivity contribution in [2.24, 2.45) is 5.84 Å². The summed E-state index contributed by atoms with van der Waals surface area (Å²) in [6.45, 7) is 5.83. The Hall–Kier alpha value is -1.79. The van der Waals surface area contributed by atoms with Crippen LogP contribution in [0.1, 0.15) is 33.1 Å². The zero-order valence-electron chi connectivity index (χ0n) is 11.7. The summed E-state index contributed by atoms with van der Waals surface area (Å²) in [5.74, 6) is 6.30. The third kappa shape index (κ3) is 3.40. The number of hydrogen-bond acceptors (Lipinski definition) is 5. The van der Waals surface area contributed by atoms with Crippen LogP contribution in [-0.4, -0.2) is 10.9 Å². The second-order valence-corrected chi connectivity index (χ2v) is 5.61. The molecule has 6 heteroatoms. The van der Waals surface area contributed by atoms with E-state index < -0.39 is 5.91 Å². The molecule has 0 bridgehead atoms. The van der Waals surface area contributed by atoms with Crippen molar-refractivity contribution in [2.75, 3.05) is 0 Å². The fourth-order valence-electron chi connectivity index (χ4n) is 1.93. The summed E-state index contributed by atoms with van der Waals surface area (Å²) in [4.78, 5) is 15.9. The molecule has 0 spiro atoms. The number of carbonyl (C=O) groups is 1. The number of nitrogen functional groups attached to an aromatic ring is 1. The highest BCUT2D eigenvalue weighted by Crippen LogP contribution is 2.25. The molecule has 2 rings (SSSR count). The molecule has 0 saturated heterocycles. The molecule has 2 heterocycles. The Morgan fingerprint density at radius 2 is 2.10 bits per heavy atom. The van der Waals surface area contributed by atoms with Gasteiger partial charge in [-0.05, 0) is 44.5 Å². The van der Waals surface area contributed by atoms with Gasteiger partial charge in [0, 0.05) is 11.3 Å². The van der Waals surface area contributed by atoms with Crippen molar-refractivity contribution in [3.8, 4) is 0 Å². The smallest absolute Gasteiger partial charge is 0.301 e. The van der Waals surface area contributed by atoms with Crippen LogP contribution in [-0.2, 0) is 5.75 Å². The molecule has 0 radical (unpaired) electrons. The van der Waals surface area contributed by atoms with Gasteiger partial charge in [-0.3, -0.25) is 10.2 Å². The van der Waals surface area contributed by atoms with Gasteiger partial charge in [0.1, 0.15) is 5.76 Å². The second kappa shape index (κ2) is 6.11. The predicted molar refractivity (Wildman–Crippen MR) is 78.4 cm³/mol. The number of nitrogens with one attached hydrogen (secondary N) is 1. The number of nitrogens with zero attached hydrogens (tertiary/aromatic N) is 1. The molecule has 0 atom stereocenters. The summed E-state index contributed by atoms with van der Waals surface area (Å²) >= 11 is 1.58. The van der Waals surface area contributed by atoms with E-state index in [0.717, 1.165) is 22.0 Å². The molecule has 0 aliphatic carbocycles. The Kier molecular flexibility index (Phi) is 4.46. The van der Waals surface area contributed by atoms with Gasteiger partial charge in [0.2, 0.25) is 0 Å². The van der Waals surface area contributed by atoms with E-state index in [2.05, 4.69) is 10.4 Å². The molecule has 0 saturated carbocycles. The molecule has 106 valence electrons. The number of furan rings is 1. The van der Waals surface area contributed by atoms with Crippen LogP contribution in [0, 0.1) is 20.8 Å². The maximum atomic E-state index is 11.5. The molecule has 2 aromatic heterocycles. The first-order valence-corrected chi connectivity index (χ1v) is 7.16. The molecule has 5 nitrogen and oxygen atoms in total. The van der Waals surface area contributed by atoms with Crippen LogP contribution in [0.15, 0.2) is 27.6 Å². The molecule has 2 aromatic rings. The third-order valence-corrected chi connectivity index (χ3v) is 3.68. The Morgan fingerprint density at radius 1 is 1.35 bits per heavy atom. The normalized spacial score (nSPS) is 10.6. The van der Waals surface area contributed by atoms with Gasteiger partial charge >= 0.3 is 5.91 Å². The van der Waals surface area contributed by atoms with Gasteiger partial charge in [-0.1, -0.05) is 11.8 Å². The Morgan fingerprint density at radius 3 is 2.75 bits per heavy atom. The van der Waals surface area contributed by atoms with Gasteiger partial charge in [0.25, 0.3) is 0 Å². The number of amides is 1. The van der Waals surface area contributed by atoms with Crippen molar-refractivity contribution >= 4 is 17.7 Å². The van der Waals surface area contributed by atoms with E-state index in [1.165, 1.54) is 5.56 Å². The highest BCUT2D eigenvalue weighted by Gasteiger charge is 2.14. The summed E-state index contributed by atoms with van der Waals surface area (Å²) in [6.07, 6.45) is 0. The van der Waals surface area contributed by atoms with E-state index in [9.17, 15) is 4.79 Å². The predicted octanol–water partition coefficient (Wildman–Crippen LogP) is 2.50. The van der Waals surface area contributed by atoms with E-state index in [1.54, 1.807) is 11.8 Å². The van der Waals surface area contributed by atoms with Crippen LogP contribution >= 0.6 is 11.8 Å².